The molecule has 2 aliphatic rings. The predicted octanol–water partition coefficient (Wildman–Crippen LogP) is 5.73. The van der Waals surface area contributed by atoms with Crippen molar-refractivity contribution in [1.82, 2.24) is 4.98 Å². The normalized spacial score (nSPS) is 32.5. The Balaban J connectivity index is 1.58. The summed E-state index contributed by atoms with van der Waals surface area (Å²) in [5.74, 6) is 2.68. The molecule has 1 aromatic carbocycles. The van der Waals surface area contributed by atoms with E-state index in [0.717, 1.165) is 35.2 Å². The van der Waals surface area contributed by atoms with Crippen LogP contribution >= 0.6 is 11.3 Å². The first kappa shape index (κ1) is 16.0. The summed E-state index contributed by atoms with van der Waals surface area (Å²) >= 11 is 1.84. The van der Waals surface area contributed by atoms with E-state index in [9.17, 15) is 4.79 Å². The Hall–Kier alpha value is -1.48. The molecule has 0 amide bonds. The highest BCUT2D eigenvalue weighted by Gasteiger charge is 2.43. The van der Waals surface area contributed by atoms with Gasteiger partial charge in [0.15, 0.2) is 0 Å². The number of carbonyl (C=O) groups is 1. The number of hydrogen-bond acceptors (Lipinski definition) is 3. The lowest BCUT2D eigenvalue weighted by molar-refractivity contribution is 0.0897. The van der Waals surface area contributed by atoms with Crippen LogP contribution in [0.25, 0.3) is 10.4 Å². The highest BCUT2D eigenvalue weighted by atomic mass is 32.1. The van der Waals surface area contributed by atoms with Crippen LogP contribution in [-0.2, 0) is 5.41 Å². The van der Waals surface area contributed by atoms with Crippen molar-refractivity contribution in [2.24, 2.45) is 17.8 Å². The van der Waals surface area contributed by atoms with Gasteiger partial charge in [-0.3, -0.25) is 4.79 Å². The van der Waals surface area contributed by atoms with Crippen molar-refractivity contribution >= 4 is 17.6 Å². The molecular weight excluding hydrogens is 314 g/mol. The van der Waals surface area contributed by atoms with Crippen molar-refractivity contribution in [1.29, 1.82) is 0 Å². The van der Waals surface area contributed by atoms with E-state index in [0.29, 0.717) is 0 Å². The number of carbonyl (C=O) groups excluding carboxylic acids is 1. The number of fused-ring (bicyclic) bond motifs is 2. The zero-order chi connectivity index (χ0) is 16.7. The van der Waals surface area contributed by atoms with Crippen LogP contribution in [0.1, 0.15) is 61.3 Å². The van der Waals surface area contributed by atoms with E-state index >= 15 is 0 Å². The number of thiazole rings is 1. The molecule has 1 heterocycles. The number of aldehydes is 1. The van der Waals surface area contributed by atoms with Gasteiger partial charge in [-0.05, 0) is 55.4 Å². The molecular formula is C21H25NOS. The Bertz CT molecular complexity index is 715. The predicted molar refractivity (Wildman–Crippen MR) is 99.5 cm³/mol. The van der Waals surface area contributed by atoms with E-state index in [1.54, 1.807) is 0 Å². The minimum absolute atomic E-state index is 0.249. The highest BCUT2D eigenvalue weighted by molar-refractivity contribution is 7.15. The molecule has 0 spiro atoms. The molecule has 1 aromatic heterocycles. The van der Waals surface area contributed by atoms with Gasteiger partial charge in [-0.15, -0.1) is 11.3 Å². The summed E-state index contributed by atoms with van der Waals surface area (Å²) in [6.45, 7) is 4.85. The van der Waals surface area contributed by atoms with Crippen LogP contribution in [0.5, 0.6) is 0 Å². The molecule has 2 nitrogen and oxygen atoms in total. The lowest BCUT2D eigenvalue weighted by atomic mass is 9.60. The molecule has 0 N–H and O–H groups in total. The van der Waals surface area contributed by atoms with E-state index in [1.165, 1.54) is 42.0 Å². The van der Waals surface area contributed by atoms with E-state index in [-0.39, 0.29) is 5.41 Å². The maximum absolute atomic E-state index is 10.8. The molecule has 24 heavy (non-hydrogen) atoms. The van der Waals surface area contributed by atoms with Crippen molar-refractivity contribution < 1.29 is 4.79 Å². The number of hydrogen-bond donors (Lipinski definition) is 0. The van der Waals surface area contributed by atoms with Gasteiger partial charge >= 0.3 is 0 Å². The van der Waals surface area contributed by atoms with Crippen LogP contribution in [0, 0.1) is 17.8 Å². The molecule has 2 fully saturated rings. The SMILES string of the molecule is CC1CC2CC(C1)CC(C)(c1ncc(-c3ccc(C=O)cc3)s1)C2. The molecule has 2 aliphatic carbocycles. The van der Waals surface area contributed by atoms with Gasteiger partial charge < -0.3 is 0 Å². The molecule has 0 radical (unpaired) electrons. The fourth-order valence-corrected chi connectivity index (χ4v) is 6.26. The first-order valence-electron chi connectivity index (χ1n) is 9.07. The lowest BCUT2D eigenvalue weighted by Crippen LogP contribution is -2.38. The summed E-state index contributed by atoms with van der Waals surface area (Å²) in [6.07, 6.45) is 9.74. The van der Waals surface area contributed by atoms with Gasteiger partial charge in [0, 0.05) is 17.2 Å². The quantitative estimate of drug-likeness (QED) is 0.669. The molecule has 3 heteroatoms. The zero-order valence-electron chi connectivity index (χ0n) is 14.5. The first-order chi connectivity index (χ1) is 11.6. The van der Waals surface area contributed by atoms with Crippen molar-refractivity contribution in [3.63, 3.8) is 0 Å². The molecule has 0 aliphatic heterocycles. The third-order valence-electron chi connectivity index (χ3n) is 5.97. The zero-order valence-corrected chi connectivity index (χ0v) is 15.3. The summed E-state index contributed by atoms with van der Waals surface area (Å²) in [5.41, 5.74) is 2.14. The Kier molecular flexibility index (Phi) is 4.07. The van der Waals surface area contributed by atoms with Gasteiger partial charge in [0.2, 0.25) is 0 Å². The molecule has 2 saturated carbocycles. The topological polar surface area (TPSA) is 30.0 Å². The standard InChI is InChI=1S/C21H25NOS/c1-14-7-16-9-17(8-14)11-21(2,10-16)20-22-12-19(24-20)18-5-3-15(13-23)4-6-18/h3-6,12-14,16-17H,7-11H2,1-2H3. The average Bonchev–Trinajstić information content (AvgIpc) is 3.04. The third kappa shape index (κ3) is 2.95. The summed E-state index contributed by atoms with van der Waals surface area (Å²) in [6, 6.07) is 7.83. The van der Waals surface area contributed by atoms with Gasteiger partial charge in [0.1, 0.15) is 6.29 Å². The Morgan fingerprint density at radius 2 is 1.79 bits per heavy atom. The minimum atomic E-state index is 0.249. The number of nitrogens with zero attached hydrogens (tertiary/aromatic N) is 1. The molecule has 4 rings (SSSR count). The maximum Gasteiger partial charge on any atom is 0.150 e. The highest BCUT2D eigenvalue weighted by Crippen LogP contribution is 2.52. The Morgan fingerprint density at radius 1 is 1.12 bits per heavy atom. The smallest absolute Gasteiger partial charge is 0.150 e. The second kappa shape index (κ2) is 6.11. The fourth-order valence-electron chi connectivity index (χ4n) is 5.18. The maximum atomic E-state index is 10.8. The number of benzene rings is 1. The van der Waals surface area contributed by atoms with Crippen molar-refractivity contribution in [2.45, 2.75) is 51.4 Å². The molecule has 2 unspecified atom stereocenters. The van der Waals surface area contributed by atoms with E-state index < -0.39 is 0 Å². The first-order valence-corrected chi connectivity index (χ1v) is 9.89. The largest absolute Gasteiger partial charge is 0.298 e. The van der Waals surface area contributed by atoms with Gasteiger partial charge in [-0.25, -0.2) is 4.98 Å². The van der Waals surface area contributed by atoms with Crippen LogP contribution < -0.4 is 0 Å². The van der Waals surface area contributed by atoms with Gasteiger partial charge in [-0.1, -0.05) is 38.1 Å². The van der Waals surface area contributed by atoms with Crippen molar-refractivity contribution in [3.05, 3.63) is 41.0 Å². The van der Waals surface area contributed by atoms with E-state index in [4.69, 9.17) is 4.98 Å². The second-order valence-electron chi connectivity index (χ2n) is 8.28. The van der Waals surface area contributed by atoms with Gasteiger partial charge in [0.05, 0.1) is 9.88 Å². The van der Waals surface area contributed by atoms with Crippen molar-refractivity contribution in [2.75, 3.05) is 0 Å². The minimum Gasteiger partial charge on any atom is -0.298 e. The number of rotatable bonds is 3. The van der Waals surface area contributed by atoms with E-state index in [1.807, 2.05) is 41.8 Å². The van der Waals surface area contributed by atoms with Gasteiger partial charge in [-0.2, -0.15) is 0 Å². The second-order valence-corrected chi connectivity index (χ2v) is 9.31. The van der Waals surface area contributed by atoms with Crippen LogP contribution in [0.3, 0.4) is 0 Å². The van der Waals surface area contributed by atoms with Crippen LogP contribution in [0.15, 0.2) is 30.5 Å². The van der Waals surface area contributed by atoms with Crippen LogP contribution in [-0.4, -0.2) is 11.3 Å². The summed E-state index contributed by atoms with van der Waals surface area (Å²) in [5, 5.41) is 1.31. The molecule has 2 bridgehead atoms. The third-order valence-corrected chi connectivity index (χ3v) is 7.32. The average molecular weight is 340 g/mol. The Morgan fingerprint density at radius 3 is 2.42 bits per heavy atom. The monoisotopic (exact) mass is 339 g/mol. The van der Waals surface area contributed by atoms with Gasteiger partial charge in [0.25, 0.3) is 0 Å². The van der Waals surface area contributed by atoms with Crippen LogP contribution in [0.2, 0.25) is 0 Å². The molecule has 0 saturated heterocycles. The van der Waals surface area contributed by atoms with Crippen LogP contribution in [0.4, 0.5) is 0 Å². The molecule has 2 aromatic rings. The Labute approximate surface area is 148 Å². The summed E-state index contributed by atoms with van der Waals surface area (Å²) in [4.78, 5) is 16.9. The molecule has 2 atom stereocenters. The number of aromatic nitrogens is 1. The summed E-state index contributed by atoms with van der Waals surface area (Å²) < 4.78 is 0. The molecule has 126 valence electrons. The fraction of sp³-hybridized carbons (Fsp3) is 0.524. The van der Waals surface area contributed by atoms with E-state index in [2.05, 4.69) is 13.8 Å². The van der Waals surface area contributed by atoms with Crippen molar-refractivity contribution in [3.8, 4) is 10.4 Å². The lowest BCUT2D eigenvalue weighted by Gasteiger charge is -2.46. The summed E-state index contributed by atoms with van der Waals surface area (Å²) in [7, 11) is 0.